The summed E-state index contributed by atoms with van der Waals surface area (Å²) in [5.74, 6) is -1.15. The minimum Gasteiger partial charge on any atom is -0.481 e. The minimum atomic E-state index is -0.791. The second-order valence-corrected chi connectivity index (χ2v) is 1.86. The van der Waals surface area contributed by atoms with Gasteiger partial charge in [0.05, 0.1) is 12.5 Å². The van der Waals surface area contributed by atoms with Crippen molar-refractivity contribution in [1.29, 1.82) is 0 Å². The van der Waals surface area contributed by atoms with Crippen molar-refractivity contribution in [3.05, 3.63) is 0 Å². The molecule has 0 aliphatic heterocycles. The Bertz CT molecular complexity index is 120. The Labute approximate surface area is 54.4 Å². The molecule has 3 nitrogen and oxygen atoms in total. The molecule has 1 atom stereocenters. The number of nitrogens with zero attached hydrogens (tertiary/aromatic N) is 1. The fourth-order valence-corrected chi connectivity index (χ4v) is 0.342. The van der Waals surface area contributed by atoms with Crippen molar-refractivity contribution in [2.75, 3.05) is 6.54 Å². The zero-order chi connectivity index (χ0) is 7.28. The van der Waals surface area contributed by atoms with E-state index in [1.165, 1.54) is 0 Å². The van der Waals surface area contributed by atoms with Crippen molar-refractivity contribution < 1.29 is 9.90 Å². The molecule has 0 amide bonds. The maximum Gasteiger partial charge on any atom is 0.308 e. The number of aliphatic carboxylic acids is 1. The second-order valence-electron chi connectivity index (χ2n) is 1.86. The molecule has 0 spiro atoms. The average Bonchev–Trinajstić information content (AvgIpc) is 1.82. The summed E-state index contributed by atoms with van der Waals surface area (Å²) in [6.45, 7) is 3.79. The van der Waals surface area contributed by atoms with Crippen molar-refractivity contribution in [3.63, 3.8) is 0 Å². The zero-order valence-electron chi connectivity index (χ0n) is 5.66. The van der Waals surface area contributed by atoms with E-state index in [9.17, 15) is 4.79 Å². The highest BCUT2D eigenvalue weighted by Crippen LogP contribution is 1.93. The Morgan fingerprint density at radius 1 is 1.89 bits per heavy atom. The minimum absolute atomic E-state index is 0.360. The van der Waals surface area contributed by atoms with Gasteiger partial charge in [-0.1, -0.05) is 6.92 Å². The van der Waals surface area contributed by atoms with Gasteiger partial charge in [0.15, 0.2) is 0 Å². The van der Waals surface area contributed by atoms with Crippen LogP contribution in [0.3, 0.4) is 0 Å². The van der Waals surface area contributed by atoms with Crippen LogP contribution in [0.15, 0.2) is 4.99 Å². The van der Waals surface area contributed by atoms with Crippen LogP contribution in [0.5, 0.6) is 0 Å². The highest BCUT2D eigenvalue weighted by atomic mass is 16.4. The third-order valence-electron chi connectivity index (χ3n) is 0.983. The Morgan fingerprint density at radius 2 is 2.44 bits per heavy atom. The lowest BCUT2D eigenvalue weighted by Crippen LogP contribution is -2.12. The van der Waals surface area contributed by atoms with E-state index in [1.807, 2.05) is 0 Å². The second kappa shape index (κ2) is 4.06. The molecule has 0 fully saturated rings. The molecule has 0 aliphatic carbocycles. The van der Waals surface area contributed by atoms with Gasteiger partial charge in [0.25, 0.3) is 0 Å². The van der Waals surface area contributed by atoms with E-state index >= 15 is 0 Å². The standard InChI is InChI=1S/C6H11NO2/c1-3-7-4-5(2)6(8)9/h3,5H,4H2,1-2H3,(H,8,9). The molecule has 52 valence electrons. The third kappa shape index (κ3) is 3.70. The highest BCUT2D eigenvalue weighted by Gasteiger charge is 2.07. The van der Waals surface area contributed by atoms with Crippen molar-refractivity contribution >= 4 is 12.2 Å². The molecule has 3 heteroatoms. The first-order valence-electron chi connectivity index (χ1n) is 2.85. The molecule has 0 aromatic heterocycles. The first-order valence-corrected chi connectivity index (χ1v) is 2.85. The Morgan fingerprint density at radius 3 is 2.78 bits per heavy atom. The molecule has 0 aromatic carbocycles. The van der Waals surface area contributed by atoms with Gasteiger partial charge in [-0.15, -0.1) is 0 Å². The lowest BCUT2D eigenvalue weighted by molar-refractivity contribution is -0.140. The summed E-state index contributed by atoms with van der Waals surface area (Å²) in [5.41, 5.74) is 0. The third-order valence-corrected chi connectivity index (χ3v) is 0.983. The molecule has 0 saturated carbocycles. The van der Waals surface area contributed by atoms with Crippen LogP contribution in [-0.4, -0.2) is 23.8 Å². The summed E-state index contributed by atoms with van der Waals surface area (Å²) in [4.78, 5) is 13.9. The van der Waals surface area contributed by atoms with Crippen molar-refractivity contribution in [3.8, 4) is 0 Å². The van der Waals surface area contributed by atoms with Gasteiger partial charge in [0.2, 0.25) is 0 Å². The average molecular weight is 129 g/mol. The molecule has 1 unspecified atom stereocenters. The first-order chi connectivity index (χ1) is 4.18. The van der Waals surface area contributed by atoms with E-state index in [4.69, 9.17) is 5.11 Å². The van der Waals surface area contributed by atoms with Crippen LogP contribution in [0.4, 0.5) is 0 Å². The fraction of sp³-hybridized carbons (Fsp3) is 0.667. The summed E-state index contributed by atoms with van der Waals surface area (Å²) >= 11 is 0. The van der Waals surface area contributed by atoms with E-state index in [0.717, 1.165) is 0 Å². The largest absolute Gasteiger partial charge is 0.481 e. The monoisotopic (exact) mass is 129 g/mol. The highest BCUT2D eigenvalue weighted by molar-refractivity contribution is 5.70. The van der Waals surface area contributed by atoms with E-state index in [2.05, 4.69) is 4.99 Å². The van der Waals surface area contributed by atoms with E-state index in [0.29, 0.717) is 6.54 Å². The molecule has 0 heterocycles. The molecule has 0 saturated heterocycles. The first kappa shape index (κ1) is 8.14. The summed E-state index contributed by atoms with van der Waals surface area (Å²) in [7, 11) is 0. The number of carbonyl (C=O) groups is 1. The summed E-state index contributed by atoms with van der Waals surface area (Å²) in [6.07, 6.45) is 1.61. The van der Waals surface area contributed by atoms with E-state index in [-0.39, 0.29) is 5.92 Å². The summed E-state index contributed by atoms with van der Waals surface area (Å²) in [5, 5.41) is 8.33. The Hall–Kier alpha value is -0.860. The lowest BCUT2D eigenvalue weighted by atomic mass is 10.2. The van der Waals surface area contributed by atoms with Gasteiger partial charge in [0, 0.05) is 0 Å². The van der Waals surface area contributed by atoms with Gasteiger partial charge < -0.3 is 5.11 Å². The van der Waals surface area contributed by atoms with Gasteiger partial charge in [-0.05, 0) is 13.1 Å². The van der Waals surface area contributed by atoms with Gasteiger partial charge >= 0.3 is 5.97 Å². The molecule has 0 rings (SSSR count). The molecule has 9 heavy (non-hydrogen) atoms. The molecule has 1 N–H and O–H groups in total. The molecule has 0 aromatic rings. The number of aliphatic imine (C=N–C) groups is 1. The maximum atomic E-state index is 10.1. The van der Waals surface area contributed by atoms with Gasteiger partial charge in [-0.25, -0.2) is 0 Å². The Balaban J connectivity index is 3.50. The number of carboxylic acids is 1. The quantitative estimate of drug-likeness (QED) is 0.573. The van der Waals surface area contributed by atoms with Crippen LogP contribution in [0.25, 0.3) is 0 Å². The lowest BCUT2D eigenvalue weighted by Gasteiger charge is -1.98. The van der Waals surface area contributed by atoms with Crippen LogP contribution in [0, 0.1) is 5.92 Å². The summed E-state index contributed by atoms with van der Waals surface area (Å²) < 4.78 is 0. The van der Waals surface area contributed by atoms with Crippen molar-refractivity contribution in [1.82, 2.24) is 0 Å². The van der Waals surface area contributed by atoms with Gasteiger partial charge in [-0.3, -0.25) is 9.79 Å². The number of carboxylic acid groups (broad SMARTS) is 1. The van der Waals surface area contributed by atoms with Crippen LogP contribution in [0.2, 0.25) is 0 Å². The predicted molar refractivity (Wildman–Crippen MR) is 35.8 cm³/mol. The topological polar surface area (TPSA) is 49.7 Å². The normalized spacial score (nSPS) is 14.0. The van der Waals surface area contributed by atoms with Crippen molar-refractivity contribution in [2.45, 2.75) is 13.8 Å². The zero-order valence-corrected chi connectivity index (χ0v) is 5.66. The van der Waals surface area contributed by atoms with Crippen molar-refractivity contribution in [2.24, 2.45) is 10.9 Å². The predicted octanol–water partition coefficient (Wildman–Crippen LogP) is 0.798. The fourth-order valence-electron chi connectivity index (χ4n) is 0.342. The Kier molecular flexibility index (Phi) is 3.67. The van der Waals surface area contributed by atoms with Crippen LogP contribution >= 0.6 is 0 Å². The van der Waals surface area contributed by atoms with E-state index in [1.54, 1.807) is 20.1 Å². The smallest absolute Gasteiger partial charge is 0.308 e. The SMILES string of the molecule is CC=NCC(C)C(=O)O. The molecular formula is C6H11NO2. The maximum absolute atomic E-state index is 10.1. The molecule has 0 aliphatic rings. The van der Waals surface area contributed by atoms with Gasteiger partial charge in [0.1, 0.15) is 0 Å². The van der Waals surface area contributed by atoms with Crippen LogP contribution < -0.4 is 0 Å². The number of hydrogen-bond donors (Lipinski definition) is 1. The van der Waals surface area contributed by atoms with Crippen LogP contribution in [0.1, 0.15) is 13.8 Å². The number of hydrogen-bond acceptors (Lipinski definition) is 2. The molecular weight excluding hydrogens is 118 g/mol. The van der Waals surface area contributed by atoms with Crippen LogP contribution in [-0.2, 0) is 4.79 Å². The summed E-state index contributed by atoms with van der Waals surface area (Å²) in [6, 6.07) is 0. The van der Waals surface area contributed by atoms with E-state index < -0.39 is 5.97 Å². The molecule has 0 radical (unpaired) electrons. The number of rotatable bonds is 3. The molecule has 0 bridgehead atoms. The van der Waals surface area contributed by atoms with Gasteiger partial charge in [-0.2, -0.15) is 0 Å².